The third-order valence-electron chi connectivity index (χ3n) is 11.0. The number of anilines is 1. The van der Waals surface area contributed by atoms with Crippen molar-refractivity contribution in [3.8, 4) is 0 Å². The van der Waals surface area contributed by atoms with Gasteiger partial charge in [0.15, 0.2) is 10.9 Å². The van der Waals surface area contributed by atoms with Crippen molar-refractivity contribution in [2.24, 2.45) is 28.6 Å². The number of aromatic nitrogens is 1. The number of thiazole rings is 1. The third-order valence-corrected chi connectivity index (χ3v) is 12.1. The number of rotatable bonds is 4. The van der Waals surface area contributed by atoms with E-state index in [1.54, 1.807) is 11.3 Å². The number of piperidine rings is 1. The fraction of sp³-hybridized carbons (Fsp3) is 0.786. The monoisotopic (exact) mass is 529 g/mol. The molecule has 3 saturated carbocycles. The molecule has 1 aromatic rings. The van der Waals surface area contributed by atoms with Gasteiger partial charge < -0.3 is 30.3 Å². The van der Waals surface area contributed by atoms with Crippen LogP contribution in [0.15, 0.2) is 12.2 Å². The molecule has 7 aliphatic rings. The summed E-state index contributed by atoms with van der Waals surface area (Å²) in [5, 5.41) is 39.9. The number of hydrogen-bond acceptors (Lipinski definition) is 9. The molecule has 6 fully saturated rings. The number of Topliss-reactive ketones (excluding diaryl/α,β-unsaturated/α-hetero) is 1. The van der Waals surface area contributed by atoms with Gasteiger partial charge in [-0.25, -0.2) is 4.98 Å². The number of ketones is 1. The summed E-state index contributed by atoms with van der Waals surface area (Å²) in [4.78, 5) is 22.7. The van der Waals surface area contributed by atoms with Crippen molar-refractivity contribution in [3.05, 3.63) is 22.7 Å². The molecule has 37 heavy (non-hydrogen) atoms. The molecule has 3 saturated heterocycles. The number of aliphatic hydroxyl groups is 3. The summed E-state index contributed by atoms with van der Waals surface area (Å²) in [6.07, 6.45) is 3.43. The number of ether oxygens (including phenoxy) is 1. The lowest BCUT2D eigenvalue weighted by Gasteiger charge is -2.73. The summed E-state index contributed by atoms with van der Waals surface area (Å²) in [6, 6.07) is 0. The predicted octanol–water partition coefficient (Wildman–Crippen LogP) is 2.08. The van der Waals surface area contributed by atoms with E-state index in [0.29, 0.717) is 18.4 Å². The van der Waals surface area contributed by atoms with E-state index in [0.717, 1.165) is 48.3 Å². The molecule has 2 spiro atoms. The van der Waals surface area contributed by atoms with Crippen LogP contribution < -0.4 is 5.32 Å². The Morgan fingerprint density at radius 1 is 1.19 bits per heavy atom. The van der Waals surface area contributed by atoms with Crippen molar-refractivity contribution < 1.29 is 24.9 Å². The molecule has 202 valence electrons. The maximum absolute atomic E-state index is 13.9. The molecule has 1 aromatic heterocycles. The molecule has 4 bridgehead atoms. The molecule has 8 nitrogen and oxygen atoms in total. The van der Waals surface area contributed by atoms with Gasteiger partial charge in [0.05, 0.1) is 18.4 Å². The zero-order chi connectivity index (χ0) is 26.0. The highest BCUT2D eigenvalue weighted by Gasteiger charge is 2.86. The summed E-state index contributed by atoms with van der Waals surface area (Å²) in [5.74, 6) is -3.62. The van der Waals surface area contributed by atoms with Crippen molar-refractivity contribution in [1.82, 2.24) is 9.88 Å². The molecule has 4 aliphatic carbocycles. The zero-order valence-electron chi connectivity index (χ0n) is 21.8. The normalized spacial score (nSPS) is 45.9. The Bertz CT molecular complexity index is 1160. The van der Waals surface area contributed by atoms with Gasteiger partial charge in [-0.1, -0.05) is 26.8 Å². The van der Waals surface area contributed by atoms with Crippen LogP contribution in [-0.4, -0.2) is 81.8 Å². The van der Waals surface area contributed by atoms with Gasteiger partial charge in [-0.05, 0) is 62.1 Å². The Morgan fingerprint density at radius 3 is 2.70 bits per heavy atom. The van der Waals surface area contributed by atoms with E-state index in [9.17, 15) is 20.1 Å². The molecular weight excluding hydrogens is 490 g/mol. The van der Waals surface area contributed by atoms with Crippen LogP contribution in [0.1, 0.15) is 56.5 Å². The number of fused-ring (bicyclic) bond motifs is 3. The van der Waals surface area contributed by atoms with Crippen LogP contribution in [0, 0.1) is 28.6 Å². The van der Waals surface area contributed by atoms with Gasteiger partial charge in [-0.2, -0.15) is 0 Å². The molecule has 0 radical (unpaired) electrons. The SMILES string of the molecule is C=C1C(=O)[C@@]23C(CCC1[C@H]2O)[C@@]12CO[C@]3(O)[C@@H](O)C1C(C)(C)Cc1sc(NCCN3CCCCC3)nc12. The van der Waals surface area contributed by atoms with Crippen LogP contribution in [0.3, 0.4) is 0 Å². The first kappa shape index (κ1) is 24.7. The van der Waals surface area contributed by atoms with Crippen LogP contribution in [-0.2, 0) is 21.4 Å². The summed E-state index contributed by atoms with van der Waals surface area (Å²) < 4.78 is 6.16. The van der Waals surface area contributed by atoms with E-state index in [4.69, 9.17) is 9.72 Å². The molecular formula is C28H39N3O5S. The van der Waals surface area contributed by atoms with Gasteiger partial charge >= 0.3 is 0 Å². The first-order valence-corrected chi connectivity index (χ1v) is 14.8. The van der Waals surface area contributed by atoms with E-state index in [1.165, 1.54) is 19.3 Å². The van der Waals surface area contributed by atoms with Crippen LogP contribution in [0.4, 0.5) is 5.13 Å². The molecule has 4 N–H and O–H groups in total. The smallest absolute Gasteiger partial charge is 0.208 e. The lowest BCUT2D eigenvalue weighted by atomic mass is 9.36. The average Bonchev–Trinajstić information content (AvgIpc) is 3.30. The topological polar surface area (TPSA) is 115 Å². The molecule has 0 amide bonds. The van der Waals surface area contributed by atoms with Gasteiger partial charge in [0, 0.05) is 35.2 Å². The number of nitrogens with one attached hydrogen (secondary N) is 1. The lowest BCUT2D eigenvalue weighted by molar-refractivity contribution is -0.429. The van der Waals surface area contributed by atoms with Gasteiger partial charge in [0.1, 0.15) is 11.5 Å². The first-order valence-electron chi connectivity index (χ1n) is 14.0. The second-order valence-electron chi connectivity index (χ2n) is 13.1. The minimum atomic E-state index is -2.14. The van der Waals surface area contributed by atoms with Gasteiger partial charge in [-0.15, -0.1) is 11.3 Å². The maximum atomic E-state index is 13.9. The van der Waals surface area contributed by atoms with Crippen LogP contribution >= 0.6 is 11.3 Å². The number of aliphatic hydroxyl groups excluding tert-OH is 2. The molecule has 8 atom stereocenters. The molecule has 3 unspecified atom stereocenters. The van der Waals surface area contributed by atoms with E-state index >= 15 is 0 Å². The second kappa shape index (κ2) is 7.86. The highest BCUT2D eigenvalue weighted by Crippen LogP contribution is 2.75. The lowest BCUT2D eigenvalue weighted by Crippen LogP contribution is -2.85. The Labute approximate surface area is 222 Å². The Hall–Kier alpha value is -1.36. The predicted molar refractivity (Wildman–Crippen MR) is 139 cm³/mol. The van der Waals surface area contributed by atoms with Crippen LogP contribution in [0.2, 0.25) is 0 Å². The number of likely N-dealkylation sites (tertiary alicyclic amines) is 1. The van der Waals surface area contributed by atoms with Gasteiger partial charge in [0.2, 0.25) is 5.79 Å². The van der Waals surface area contributed by atoms with Crippen molar-refractivity contribution in [2.45, 2.75) is 75.8 Å². The molecule has 3 aliphatic heterocycles. The summed E-state index contributed by atoms with van der Waals surface area (Å²) >= 11 is 1.66. The number of nitrogens with zero attached hydrogens (tertiary/aromatic N) is 2. The highest BCUT2D eigenvalue weighted by molar-refractivity contribution is 7.15. The number of carbonyl (C=O) groups is 1. The van der Waals surface area contributed by atoms with Crippen LogP contribution in [0.5, 0.6) is 0 Å². The summed E-state index contributed by atoms with van der Waals surface area (Å²) in [6.45, 7) is 12.6. The standard InChI is InChI=1S/C28H39N3O5S/c1-15-16-7-8-18-26-14-36-28(35,27(18,21(15)32)22(16)33)23(34)19(26)25(2,3)13-17-20(26)30-24(37-17)29-9-12-31-10-5-4-6-11-31/h16,18-19,22-23,33-35H,1,4-14H2,2-3H3,(H,29,30)/t16?,18?,19?,22-,23+,26+,27+,28-/m1/s1. The Morgan fingerprint density at radius 2 is 1.95 bits per heavy atom. The second-order valence-corrected chi connectivity index (χ2v) is 14.2. The van der Waals surface area contributed by atoms with Crippen molar-refractivity contribution >= 4 is 22.3 Å². The van der Waals surface area contributed by atoms with E-state index < -0.39 is 34.7 Å². The van der Waals surface area contributed by atoms with Crippen LogP contribution in [0.25, 0.3) is 0 Å². The van der Waals surface area contributed by atoms with E-state index in [-0.39, 0.29) is 29.6 Å². The Balaban J connectivity index is 1.31. The highest BCUT2D eigenvalue weighted by atomic mass is 32.1. The Kier molecular flexibility index (Phi) is 5.24. The molecule has 8 rings (SSSR count). The zero-order valence-corrected chi connectivity index (χ0v) is 22.6. The largest absolute Gasteiger partial charge is 0.391 e. The van der Waals surface area contributed by atoms with Gasteiger partial charge in [-0.3, -0.25) is 4.79 Å². The summed E-state index contributed by atoms with van der Waals surface area (Å²) in [7, 11) is 0. The maximum Gasteiger partial charge on any atom is 0.208 e. The molecule has 0 aromatic carbocycles. The van der Waals surface area contributed by atoms with Crippen molar-refractivity contribution in [2.75, 3.05) is 38.1 Å². The minimum Gasteiger partial charge on any atom is -0.391 e. The number of hydrogen-bond donors (Lipinski definition) is 4. The van der Waals surface area contributed by atoms with Crippen molar-refractivity contribution in [1.29, 1.82) is 0 Å². The van der Waals surface area contributed by atoms with E-state index in [1.807, 2.05) is 0 Å². The summed E-state index contributed by atoms with van der Waals surface area (Å²) in [5.41, 5.74) is -1.49. The first-order chi connectivity index (χ1) is 17.6. The average molecular weight is 530 g/mol. The van der Waals surface area contributed by atoms with Crippen molar-refractivity contribution in [3.63, 3.8) is 0 Å². The quantitative estimate of drug-likeness (QED) is 0.439. The number of carbonyl (C=O) groups excluding carboxylic acids is 1. The minimum absolute atomic E-state index is 0.183. The fourth-order valence-electron chi connectivity index (χ4n) is 9.67. The van der Waals surface area contributed by atoms with E-state index in [2.05, 4.69) is 30.6 Å². The molecule has 4 heterocycles. The van der Waals surface area contributed by atoms with Gasteiger partial charge in [0.25, 0.3) is 0 Å². The fourth-order valence-corrected chi connectivity index (χ4v) is 11.0. The third kappa shape index (κ3) is 2.81. The molecule has 9 heteroatoms.